The normalized spacial score (nSPS) is 14.1. The van der Waals surface area contributed by atoms with E-state index in [9.17, 15) is 9.18 Å². The highest BCUT2D eigenvalue weighted by Gasteiger charge is 2.33. The molecule has 0 radical (unpaired) electrons. The molecule has 0 unspecified atom stereocenters. The number of halogens is 2. The highest BCUT2D eigenvalue weighted by Crippen LogP contribution is 2.32. The van der Waals surface area contributed by atoms with E-state index in [2.05, 4.69) is 0 Å². The molecule has 1 fully saturated rings. The Morgan fingerprint density at radius 1 is 1.23 bits per heavy atom. The predicted octanol–water partition coefficient (Wildman–Crippen LogP) is 3.54. The van der Waals surface area contributed by atoms with E-state index >= 15 is 0 Å². The summed E-state index contributed by atoms with van der Waals surface area (Å²) in [6.45, 7) is 1.21. The summed E-state index contributed by atoms with van der Waals surface area (Å²) in [6.07, 6.45) is -0.0864. The second-order valence-electron chi connectivity index (χ2n) is 5.92. The largest absolute Gasteiger partial charge is 0.493 e. The average Bonchev–Trinajstić information content (AvgIpc) is 2.60. The summed E-state index contributed by atoms with van der Waals surface area (Å²) in [4.78, 5) is 14.3. The van der Waals surface area contributed by atoms with Crippen LogP contribution in [0, 0.1) is 5.82 Å². The Kier molecular flexibility index (Phi) is 5.64. The molecule has 1 aliphatic rings. The van der Waals surface area contributed by atoms with Crippen LogP contribution in [-0.2, 0) is 11.3 Å². The van der Waals surface area contributed by atoms with Gasteiger partial charge in [0.05, 0.1) is 32.5 Å². The van der Waals surface area contributed by atoms with Crippen LogP contribution in [-0.4, -0.2) is 44.2 Å². The molecule has 0 aliphatic carbocycles. The molecule has 1 heterocycles. The van der Waals surface area contributed by atoms with E-state index in [0.717, 1.165) is 0 Å². The Hall–Kier alpha value is -2.31. The smallest absolute Gasteiger partial charge is 0.257 e. The lowest BCUT2D eigenvalue weighted by atomic mass is 10.1. The number of hydrogen-bond donors (Lipinski definition) is 0. The number of carbonyl (C=O) groups is 1. The molecule has 1 amide bonds. The van der Waals surface area contributed by atoms with Crippen LogP contribution in [0.4, 0.5) is 4.39 Å². The average molecular weight is 380 g/mol. The van der Waals surface area contributed by atoms with Crippen LogP contribution in [0.15, 0.2) is 36.4 Å². The number of methoxy groups -OCH3 is 2. The van der Waals surface area contributed by atoms with E-state index in [4.69, 9.17) is 25.8 Å². The first-order valence-electron chi connectivity index (χ1n) is 8.09. The molecule has 3 rings (SSSR count). The third kappa shape index (κ3) is 3.76. The first-order valence-corrected chi connectivity index (χ1v) is 8.47. The highest BCUT2D eigenvalue weighted by molar-refractivity contribution is 6.31. The molecule has 0 spiro atoms. The Labute approximate surface area is 156 Å². The maximum absolute atomic E-state index is 13.1. The van der Waals surface area contributed by atoms with Gasteiger partial charge >= 0.3 is 0 Å². The Morgan fingerprint density at radius 2 is 2.00 bits per heavy atom. The summed E-state index contributed by atoms with van der Waals surface area (Å²) in [5.74, 6) is 0.409. The maximum atomic E-state index is 13.1. The first-order chi connectivity index (χ1) is 12.5. The van der Waals surface area contributed by atoms with Crippen LogP contribution in [0.2, 0.25) is 5.02 Å². The maximum Gasteiger partial charge on any atom is 0.257 e. The van der Waals surface area contributed by atoms with E-state index in [1.165, 1.54) is 26.4 Å². The van der Waals surface area contributed by atoms with Gasteiger partial charge in [-0.3, -0.25) is 4.79 Å². The van der Waals surface area contributed by atoms with E-state index in [0.29, 0.717) is 40.7 Å². The van der Waals surface area contributed by atoms with Gasteiger partial charge in [0.15, 0.2) is 11.5 Å². The van der Waals surface area contributed by atoms with Gasteiger partial charge in [0.25, 0.3) is 5.91 Å². The van der Waals surface area contributed by atoms with Crippen LogP contribution < -0.4 is 9.47 Å². The molecule has 5 nitrogen and oxygen atoms in total. The summed E-state index contributed by atoms with van der Waals surface area (Å²) in [7, 11) is 3.03. The van der Waals surface area contributed by atoms with Crippen molar-refractivity contribution in [2.45, 2.75) is 12.7 Å². The first kappa shape index (κ1) is 18.5. The minimum absolute atomic E-state index is 0.0864. The number of ether oxygens (including phenoxy) is 3. The van der Waals surface area contributed by atoms with Crippen molar-refractivity contribution in [1.82, 2.24) is 4.90 Å². The number of carbonyl (C=O) groups excluding carboxylic acids is 1. The van der Waals surface area contributed by atoms with E-state index < -0.39 is 0 Å². The molecule has 0 N–H and O–H groups in total. The fourth-order valence-corrected chi connectivity index (χ4v) is 3.00. The van der Waals surface area contributed by atoms with Crippen LogP contribution in [0.25, 0.3) is 0 Å². The fourth-order valence-electron chi connectivity index (χ4n) is 2.78. The monoisotopic (exact) mass is 379 g/mol. The van der Waals surface area contributed by atoms with E-state index in [1.54, 1.807) is 29.2 Å². The summed E-state index contributed by atoms with van der Waals surface area (Å²) >= 11 is 5.99. The molecule has 138 valence electrons. The minimum atomic E-state index is -0.383. The molecule has 0 bridgehead atoms. The zero-order valence-corrected chi connectivity index (χ0v) is 15.3. The van der Waals surface area contributed by atoms with Gasteiger partial charge in [-0.2, -0.15) is 0 Å². The van der Waals surface area contributed by atoms with Crippen molar-refractivity contribution >= 4 is 17.5 Å². The Bertz CT molecular complexity index is 808. The SMILES string of the molecule is COc1cccc(C(=O)N2CC(OCc3ccc(F)cc3Cl)C2)c1OC. The molecule has 2 aromatic carbocycles. The van der Waals surface area contributed by atoms with E-state index in [-0.39, 0.29) is 24.4 Å². The molecule has 0 saturated carbocycles. The molecular weight excluding hydrogens is 361 g/mol. The standard InChI is InChI=1S/C19H19ClFNO4/c1-24-17-5-3-4-15(18(17)25-2)19(23)22-9-14(10-22)26-11-12-6-7-13(21)8-16(12)20/h3-8,14H,9-11H2,1-2H3. The predicted molar refractivity (Wildman–Crippen MR) is 95.4 cm³/mol. The molecule has 2 aromatic rings. The third-order valence-electron chi connectivity index (χ3n) is 4.26. The van der Waals surface area contributed by atoms with Gasteiger partial charge in [-0.15, -0.1) is 0 Å². The van der Waals surface area contributed by atoms with Gasteiger partial charge in [0.1, 0.15) is 5.82 Å². The van der Waals surface area contributed by atoms with E-state index in [1.807, 2.05) is 0 Å². The van der Waals surface area contributed by atoms with Gasteiger partial charge in [-0.1, -0.05) is 23.7 Å². The van der Waals surface area contributed by atoms with Crippen molar-refractivity contribution in [3.8, 4) is 11.5 Å². The van der Waals surface area contributed by atoms with Crippen LogP contribution in [0.1, 0.15) is 15.9 Å². The molecule has 1 saturated heterocycles. The molecule has 7 heteroatoms. The van der Waals surface area contributed by atoms with Crippen LogP contribution in [0.5, 0.6) is 11.5 Å². The second kappa shape index (κ2) is 7.93. The van der Waals surface area contributed by atoms with Crippen LogP contribution >= 0.6 is 11.6 Å². The lowest BCUT2D eigenvalue weighted by Crippen LogP contribution is -2.54. The lowest BCUT2D eigenvalue weighted by Gasteiger charge is -2.39. The second-order valence-corrected chi connectivity index (χ2v) is 6.33. The van der Waals surface area contributed by atoms with Gasteiger partial charge in [0.2, 0.25) is 0 Å². The van der Waals surface area contributed by atoms with Gasteiger partial charge in [-0.05, 0) is 29.8 Å². The lowest BCUT2D eigenvalue weighted by molar-refractivity contribution is -0.0503. The molecule has 1 aliphatic heterocycles. The van der Waals surface area contributed by atoms with Crippen molar-refractivity contribution in [2.24, 2.45) is 0 Å². The number of rotatable bonds is 6. The minimum Gasteiger partial charge on any atom is -0.493 e. The molecule has 0 atom stereocenters. The van der Waals surface area contributed by atoms with Crippen molar-refractivity contribution in [1.29, 1.82) is 0 Å². The van der Waals surface area contributed by atoms with Gasteiger partial charge in [0, 0.05) is 18.1 Å². The van der Waals surface area contributed by atoms with Gasteiger partial charge in [-0.25, -0.2) is 4.39 Å². The molecule has 0 aromatic heterocycles. The number of para-hydroxylation sites is 1. The van der Waals surface area contributed by atoms with Gasteiger partial charge < -0.3 is 19.1 Å². The molecule has 26 heavy (non-hydrogen) atoms. The zero-order chi connectivity index (χ0) is 18.7. The topological polar surface area (TPSA) is 48.0 Å². The van der Waals surface area contributed by atoms with Crippen molar-refractivity contribution in [2.75, 3.05) is 27.3 Å². The number of benzene rings is 2. The summed E-state index contributed by atoms with van der Waals surface area (Å²) in [6, 6.07) is 9.39. The number of hydrogen-bond acceptors (Lipinski definition) is 4. The summed E-state index contributed by atoms with van der Waals surface area (Å²) in [5, 5.41) is 0.332. The third-order valence-corrected chi connectivity index (χ3v) is 4.61. The quantitative estimate of drug-likeness (QED) is 0.770. The highest BCUT2D eigenvalue weighted by atomic mass is 35.5. The Balaban J connectivity index is 1.57. The number of amides is 1. The number of likely N-dealkylation sites (tertiary alicyclic amines) is 1. The van der Waals surface area contributed by atoms with Crippen molar-refractivity contribution < 1.29 is 23.4 Å². The van der Waals surface area contributed by atoms with Crippen LogP contribution in [0.3, 0.4) is 0 Å². The molecular formula is C19H19ClFNO4. The Morgan fingerprint density at radius 3 is 2.65 bits per heavy atom. The summed E-state index contributed by atoms with van der Waals surface area (Å²) < 4.78 is 29.3. The van der Waals surface area contributed by atoms with Crippen molar-refractivity contribution in [3.05, 3.63) is 58.4 Å². The van der Waals surface area contributed by atoms with Crippen molar-refractivity contribution in [3.63, 3.8) is 0 Å². The zero-order valence-electron chi connectivity index (χ0n) is 14.5. The fraction of sp³-hybridized carbons (Fsp3) is 0.316. The summed E-state index contributed by atoms with van der Waals surface area (Å²) in [5.41, 5.74) is 1.17. The number of nitrogens with zero attached hydrogens (tertiary/aromatic N) is 1.